The van der Waals surface area contributed by atoms with Crippen LogP contribution in [-0.2, 0) is 11.3 Å². The number of alkyl halides is 3. The molecule has 0 radical (unpaired) electrons. The SMILES string of the molecule is O=c1ccc(NS(=O)[O-])cn1-c1ccc(OC(F)(F)F)cc1. The van der Waals surface area contributed by atoms with Crippen molar-refractivity contribution in [2.75, 3.05) is 4.72 Å². The van der Waals surface area contributed by atoms with E-state index in [9.17, 15) is 26.7 Å². The smallest absolute Gasteiger partial charge is 0.573 e. The summed E-state index contributed by atoms with van der Waals surface area (Å²) in [5.74, 6) is -0.431. The van der Waals surface area contributed by atoms with Gasteiger partial charge in [-0.2, -0.15) is 0 Å². The maximum absolute atomic E-state index is 12.1. The molecule has 10 heteroatoms. The fourth-order valence-corrected chi connectivity index (χ4v) is 1.97. The van der Waals surface area contributed by atoms with Crippen molar-refractivity contribution in [3.05, 3.63) is 52.9 Å². The number of nitrogens with one attached hydrogen (secondary N) is 1. The zero-order valence-electron chi connectivity index (χ0n) is 10.7. The molecule has 0 bridgehead atoms. The van der Waals surface area contributed by atoms with Gasteiger partial charge in [0.05, 0.1) is 5.69 Å². The van der Waals surface area contributed by atoms with E-state index in [-0.39, 0.29) is 11.4 Å². The summed E-state index contributed by atoms with van der Waals surface area (Å²) < 4.78 is 64.2. The van der Waals surface area contributed by atoms with Crippen molar-refractivity contribution in [1.82, 2.24) is 4.57 Å². The second-order valence-corrected chi connectivity index (χ2v) is 4.68. The summed E-state index contributed by atoms with van der Waals surface area (Å²) in [7, 11) is 0. The van der Waals surface area contributed by atoms with E-state index in [2.05, 4.69) is 9.46 Å². The zero-order chi connectivity index (χ0) is 16.3. The summed E-state index contributed by atoms with van der Waals surface area (Å²) >= 11 is -2.56. The number of halogens is 3. The first-order chi connectivity index (χ1) is 10.2. The second-order valence-electron chi connectivity index (χ2n) is 4.00. The maximum atomic E-state index is 12.1. The van der Waals surface area contributed by atoms with Crippen LogP contribution in [0, 0.1) is 0 Å². The lowest BCUT2D eigenvalue weighted by Gasteiger charge is -2.12. The fourth-order valence-electron chi connectivity index (χ4n) is 1.65. The predicted octanol–water partition coefficient (Wildman–Crippen LogP) is 1.94. The van der Waals surface area contributed by atoms with Gasteiger partial charge in [-0.05, 0) is 30.3 Å². The molecule has 2 aromatic rings. The van der Waals surface area contributed by atoms with Gasteiger partial charge in [-0.3, -0.25) is 13.6 Å². The Hall–Kier alpha value is -2.33. The molecule has 0 amide bonds. The van der Waals surface area contributed by atoms with E-state index in [0.29, 0.717) is 0 Å². The first-order valence-electron chi connectivity index (χ1n) is 5.69. The lowest BCUT2D eigenvalue weighted by atomic mass is 10.3. The summed E-state index contributed by atoms with van der Waals surface area (Å²) in [5, 5.41) is 0. The molecule has 1 aromatic carbocycles. The lowest BCUT2D eigenvalue weighted by Crippen LogP contribution is -2.18. The average molecular weight is 333 g/mol. The highest BCUT2D eigenvalue weighted by Crippen LogP contribution is 2.23. The molecule has 1 atom stereocenters. The Kier molecular flexibility index (Phi) is 4.52. The molecule has 1 unspecified atom stereocenters. The van der Waals surface area contributed by atoms with E-state index in [1.54, 1.807) is 0 Å². The summed E-state index contributed by atoms with van der Waals surface area (Å²) in [5.41, 5.74) is -0.102. The van der Waals surface area contributed by atoms with Gasteiger partial charge in [0.25, 0.3) is 5.56 Å². The van der Waals surface area contributed by atoms with Crippen molar-refractivity contribution in [2.24, 2.45) is 0 Å². The Morgan fingerprint density at radius 3 is 2.32 bits per heavy atom. The molecule has 1 N–H and O–H groups in total. The molecule has 0 saturated heterocycles. The number of rotatable bonds is 4. The van der Waals surface area contributed by atoms with E-state index in [4.69, 9.17) is 0 Å². The number of ether oxygens (including phenoxy) is 1. The van der Waals surface area contributed by atoms with Crippen molar-refractivity contribution in [3.8, 4) is 11.4 Å². The van der Waals surface area contributed by atoms with Crippen LogP contribution in [0.25, 0.3) is 5.69 Å². The molecule has 2 rings (SSSR count). The van der Waals surface area contributed by atoms with E-state index in [0.717, 1.165) is 22.8 Å². The third-order valence-corrected chi connectivity index (χ3v) is 2.86. The maximum Gasteiger partial charge on any atom is 0.573 e. The molecule has 0 aliphatic heterocycles. The molecular weight excluding hydrogens is 325 g/mol. The van der Waals surface area contributed by atoms with Gasteiger partial charge in [0, 0.05) is 29.2 Å². The quantitative estimate of drug-likeness (QED) is 0.867. The zero-order valence-corrected chi connectivity index (χ0v) is 11.5. The molecule has 0 fully saturated rings. The van der Waals surface area contributed by atoms with Gasteiger partial charge in [-0.1, -0.05) is 0 Å². The highest BCUT2D eigenvalue weighted by molar-refractivity contribution is 7.80. The molecule has 0 saturated carbocycles. The Morgan fingerprint density at radius 2 is 1.77 bits per heavy atom. The Morgan fingerprint density at radius 1 is 1.14 bits per heavy atom. The molecule has 0 aliphatic carbocycles. The van der Waals surface area contributed by atoms with Crippen LogP contribution in [0.2, 0.25) is 0 Å². The minimum Gasteiger partial charge on any atom is -0.755 e. The first-order valence-corrected chi connectivity index (χ1v) is 6.77. The minimum atomic E-state index is -4.81. The standard InChI is InChI=1S/C12H9F3N2O4S/c13-12(14,15)21-10-4-2-9(3-5-10)17-7-8(16-22(19)20)1-6-11(17)18/h1-7,16H,(H,19,20)/p-1. The first kappa shape index (κ1) is 16.0. The van der Waals surface area contributed by atoms with Gasteiger partial charge in [0.2, 0.25) is 0 Å². The Bertz CT molecular complexity index is 743. The Labute approximate surface area is 124 Å². The third kappa shape index (κ3) is 4.33. The predicted molar refractivity (Wildman–Crippen MR) is 71.3 cm³/mol. The summed E-state index contributed by atoms with van der Waals surface area (Å²) in [4.78, 5) is 11.7. The summed E-state index contributed by atoms with van der Waals surface area (Å²) in [6.07, 6.45) is -3.60. The van der Waals surface area contributed by atoms with Crippen LogP contribution in [0.3, 0.4) is 0 Å². The number of nitrogens with zero attached hydrogens (tertiary/aromatic N) is 1. The molecule has 0 aliphatic rings. The summed E-state index contributed by atoms with van der Waals surface area (Å²) in [6, 6.07) is 6.94. The number of anilines is 1. The topological polar surface area (TPSA) is 83.4 Å². The van der Waals surface area contributed by atoms with E-state index in [1.165, 1.54) is 24.4 Å². The highest BCUT2D eigenvalue weighted by Gasteiger charge is 2.30. The van der Waals surface area contributed by atoms with Crippen molar-refractivity contribution >= 4 is 17.0 Å². The minimum absolute atomic E-state index is 0.128. The second kappa shape index (κ2) is 6.20. The van der Waals surface area contributed by atoms with E-state index >= 15 is 0 Å². The number of hydrogen-bond donors (Lipinski definition) is 1. The summed E-state index contributed by atoms with van der Waals surface area (Å²) in [6.45, 7) is 0. The fraction of sp³-hybridized carbons (Fsp3) is 0.0833. The van der Waals surface area contributed by atoms with Crippen LogP contribution >= 0.6 is 0 Å². The lowest BCUT2D eigenvalue weighted by molar-refractivity contribution is -0.274. The molecule has 1 aromatic heterocycles. The van der Waals surface area contributed by atoms with E-state index < -0.39 is 28.9 Å². The molecule has 1 heterocycles. The molecule has 0 spiro atoms. The number of benzene rings is 1. The van der Waals surface area contributed by atoms with Crippen molar-refractivity contribution < 1.29 is 26.7 Å². The van der Waals surface area contributed by atoms with Crippen LogP contribution in [0.1, 0.15) is 0 Å². The average Bonchev–Trinajstić information content (AvgIpc) is 2.40. The third-order valence-electron chi connectivity index (χ3n) is 2.46. The van der Waals surface area contributed by atoms with Crippen LogP contribution in [0.15, 0.2) is 47.4 Å². The van der Waals surface area contributed by atoms with Gasteiger partial charge >= 0.3 is 6.36 Å². The van der Waals surface area contributed by atoms with Crippen molar-refractivity contribution in [2.45, 2.75) is 6.36 Å². The van der Waals surface area contributed by atoms with Crippen molar-refractivity contribution in [1.29, 1.82) is 0 Å². The molecule has 22 heavy (non-hydrogen) atoms. The normalized spacial score (nSPS) is 12.7. The van der Waals surface area contributed by atoms with E-state index in [1.807, 2.05) is 0 Å². The van der Waals surface area contributed by atoms with Crippen molar-refractivity contribution in [3.63, 3.8) is 0 Å². The Balaban J connectivity index is 2.31. The van der Waals surface area contributed by atoms with Crippen LogP contribution in [0.5, 0.6) is 5.75 Å². The van der Waals surface area contributed by atoms with Gasteiger partial charge in [-0.25, -0.2) is 0 Å². The van der Waals surface area contributed by atoms with Crippen LogP contribution in [0.4, 0.5) is 18.9 Å². The monoisotopic (exact) mass is 333 g/mol. The highest BCUT2D eigenvalue weighted by atomic mass is 32.2. The van der Waals surface area contributed by atoms with Gasteiger partial charge in [0.15, 0.2) is 0 Å². The molecular formula is C12H8F3N2O4S-. The molecule has 118 valence electrons. The van der Waals surface area contributed by atoms with Crippen LogP contribution < -0.4 is 15.0 Å². The van der Waals surface area contributed by atoms with Crippen LogP contribution in [-0.4, -0.2) is 19.7 Å². The number of pyridine rings is 1. The van der Waals surface area contributed by atoms with Gasteiger partial charge in [-0.15, -0.1) is 13.2 Å². The molecule has 6 nitrogen and oxygen atoms in total. The van der Waals surface area contributed by atoms with Gasteiger partial charge in [0.1, 0.15) is 5.75 Å². The largest absolute Gasteiger partial charge is 0.755 e. The number of aromatic nitrogens is 1. The number of hydrogen-bond acceptors (Lipinski definition) is 4. The van der Waals surface area contributed by atoms with Gasteiger partial charge < -0.3 is 14.0 Å².